The van der Waals surface area contributed by atoms with Crippen molar-refractivity contribution in [2.75, 3.05) is 6.61 Å². The Morgan fingerprint density at radius 2 is 2.07 bits per heavy atom. The molecule has 8 nitrogen and oxygen atoms in total. The normalized spacial score (nSPS) is 39.9. The first-order chi connectivity index (χ1) is 7.15. The molecule has 0 aromatic heterocycles. The van der Waals surface area contributed by atoms with Crippen LogP contribution in [0.1, 0.15) is 0 Å². The minimum atomic E-state index is -1.31. The molecule has 1 unspecified atom stereocenters. The first kappa shape index (κ1) is 10.3. The van der Waals surface area contributed by atoms with Crippen LogP contribution in [0.2, 0.25) is 0 Å². The minimum absolute atomic E-state index is 0.155. The van der Waals surface area contributed by atoms with Gasteiger partial charge in [0.2, 0.25) is 0 Å². The molecule has 2 heterocycles. The summed E-state index contributed by atoms with van der Waals surface area (Å²) >= 11 is 0. The highest BCUT2D eigenvalue weighted by Gasteiger charge is 2.47. The number of carbonyl (C=O) groups excluding carboxylic acids is 1. The fourth-order valence-corrected chi connectivity index (χ4v) is 1.51. The van der Waals surface area contributed by atoms with E-state index in [0.29, 0.717) is 0 Å². The molecule has 0 aromatic carbocycles. The van der Waals surface area contributed by atoms with E-state index in [9.17, 15) is 15.0 Å². The van der Waals surface area contributed by atoms with Crippen molar-refractivity contribution in [3.63, 3.8) is 0 Å². The summed E-state index contributed by atoms with van der Waals surface area (Å²) in [6.45, 7) is -0.454. The van der Waals surface area contributed by atoms with Crippen molar-refractivity contribution in [1.82, 2.24) is 0 Å². The van der Waals surface area contributed by atoms with E-state index in [1.807, 2.05) is 0 Å². The van der Waals surface area contributed by atoms with Crippen molar-refractivity contribution in [3.05, 3.63) is 0 Å². The van der Waals surface area contributed by atoms with Gasteiger partial charge in [-0.2, -0.15) is 0 Å². The second-order valence-electron chi connectivity index (χ2n) is 3.24. The van der Waals surface area contributed by atoms with Gasteiger partial charge in [-0.1, -0.05) is 5.11 Å². The van der Waals surface area contributed by atoms with Gasteiger partial charge in [-0.15, -0.1) is 5.10 Å². The lowest BCUT2D eigenvalue weighted by molar-refractivity contribution is -0.112. The maximum atomic E-state index is 11.1. The van der Waals surface area contributed by atoms with Crippen LogP contribution in [-0.4, -0.2) is 58.0 Å². The number of amides is 1. The van der Waals surface area contributed by atoms with Crippen LogP contribution < -0.4 is 0 Å². The van der Waals surface area contributed by atoms with Gasteiger partial charge in [0.05, 0.1) is 6.61 Å². The lowest BCUT2D eigenvalue weighted by Gasteiger charge is -2.11. The molecule has 4 atom stereocenters. The van der Waals surface area contributed by atoms with Crippen molar-refractivity contribution in [1.29, 1.82) is 0 Å². The highest BCUT2D eigenvalue weighted by molar-refractivity contribution is 6.41. The molecule has 0 radical (unpaired) electrons. The average Bonchev–Trinajstić information content (AvgIpc) is 2.74. The van der Waals surface area contributed by atoms with Gasteiger partial charge in [-0.3, -0.25) is 4.79 Å². The van der Waals surface area contributed by atoms with E-state index in [1.54, 1.807) is 0 Å². The molecule has 1 fully saturated rings. The maximum absolute atomic E-state index is 11.1. The van der Waals surface area contributed by atoms with E-state index < -0.39 is 36.9 Å². The highest BCUT2D eigenvalue weighted by atomic mass is 16.6. The lowest BCUT2D eigenvalue weighted by Crippen LogP contribution is -2.38. The van der Waals surface area contributed by atoms with Crippen LogP contribution in [0.25, 0.3) is 0 Å². The molecule has 0 spiro atoms. The van der Waals surface area contributed by atoms with Gasteiger partial charge in [-0.25, -0.2) is 0 Å². The monoisotopic (exact) mass is 215 g/mol. The number of carbonyl (C=O) groups is 1. The molecule has 2 aliphatic heterocycles. The number of hydrogen-bond donors (Lipinski definition) is 3. The molecule has 8 heteroatoms. The first-order valence-electron chi connectivity index (χ1n) is 4.30. The Hall–Kier alpha value is -1.22. The fourth-order valence-electron chi connectivity index (χ4n) is 1.51. The number of rotatable bonds is 2. The Labute approximate surface area is 83.9 Å². The van der Waals surface area contributed by atoms with Crippen molar-refractivity contribution >= 4 is 11.6 Å². The molecule has 0 saturated carbocycles. The third kappa shape index (κ3) is 1.57. The molecule has 2 aliphatic rings. The lowest BCUT2D eigenvalue weighted by atomic mass is 10.0. The third-order valence-electron chi connectivity index (χ3n) is 2.32. The Bertz CT molecular complexity index is 342. The molecule has 0 aliphatic carbocycles. The van der Waals surface area contributed by atoms with E-state index >= 15 is 0 Å². The van der Waals surface area contributed by atoms with Crippen LogP contribution in [0, 0.1) is 0 Å². The second-order valence-corrected chi connectivity index (χ2v) is 3.24. The van der Waals surface area contributed by atoms with E-state index in [-0.39, 0.29) is 5.71 Å². The average molecular weight is 215 g/mol. The second kappa shape index (κ2) is 3.74. The summed E-state index contributed by atoms with van der Waals surface area (Å²) in [4.78, 5) is 11.1. The quantitative estimate of drug-likeness (QED) is 0.483. The molecule has 1 amide bonds. The summed E-state index contributed by atoms with van der Waals surface area (Å²) in [7, 11) is 0. The summed E-state index contributed by atoms with van der Waals surface area (Å²) in [5, 5.41) is 37.4. The third-order valence-corrected chi connectivity index (χ3v) is 2.32. The summed E-state index contributed by atoms with van der Waals surface area (Å²) in [6, 6.07) is 0. The fraction of sp³-hybridized carbons (Fsp3) is 0.714. The maximum Gasteiger partial charge on any atom is 0.316 e. The Kier molecular flexibility index (Phi) is 2.57. The summed E-state index contributed by atoms with van der Waals surface area (Å²) in [5.41, 5.74) is -0.155. The number of ether oxygens (including phenoxy) is 1. The van der Waals surface area contributed by atoms with Gasteiger partial charge in [0.1, 0.15) is 24.4 Å². The number of aliphatic hydroxyl groups excluding tert-OH is 3. The van der Waals surface area contributed by atoms with E-state index in [1.165, 1.54) is 0 Å². The van der Waals surface area contributed by atoms with Crippen LogP contribution in [-0.2, 0) is 9.53 Å². The summed E-state index contributed by atoms with van der Waals surface area (Å²) in [5.74, 6) is -0.704. The smallest absolute Gasteiger partial charge is 0.316 e. The van der Waals surface area contributed by atoms with Crippen molar-refractivity contribution in [3.8, 4) is 0 Å². The zero-order chi connectivity index (χ0) is 11.0. The van der Waals surface area contributed by atoms with Crippen LogP contribution in [0.15, 0.2) is 15.4 Å². The minimum Gasteiger partial charge on any atom is -0.394 e. The van der Waals surface area contributed by atoms with E-state index in [0.717, 1.165) is 0 Å². The molecule has 82 valence electrons. The van der Waals surface area contributed by atoms with Gasteiger partial charge in [0, 0.05) is 0 Å². The molecule has 3 N–H and O–H groups in total. The standard InChI is InChI=1S/C7H9N3O5/c11-1-2-4(12)5(13)6(15-2)3-7(14)9-10-8-3/h2,4-6,11-13H,1H2/t2-,4-,5-,6?/m1/s1. The largest absolute Gasteiger partial charge is 0.394 e. The predicted molar refractivity (Wildman–Crippen MR) is 45.1 cm³/mol. The summed E-state index contributed by atoms with van der Waals surface area (Å²) in [6.07, 6.45) is -4.58. The number of hydrogen-bond acceptors (Lipinski definition) is 7. The van der Waals surface area contributed by atoms with Crippen LogP contribution in [0.4, 0.5) is 0 Å². The SMILES string of the molecule is O=C1N=NN=C1C1O[C@H](CO)[C@@H](O)[C@H]1O. The van der Waals surface area contributed by atoms with Crippen LogP contribution >= 0.6 is 0 Å². The predicted octanol–water partition coefficient (Wildman–Crippen LogP) is -2.18. The van der Waals surface area contributed by atoms with E-state index in [2.05, 4.69) is 15.4 Å². The van der Waals surface area contributed by atoms with Crippen LogP contribution in [0.5, 0.6) is 0 Å². The summed E-state index contributed by atoms with van der Waals surface area (Å²) < 4.78 is 5.07. The molecule has 15 heavy (non-hydrogen) atoms. The van der Waals surface area contributed by atoms with Crippen molar-refractivity contribution < 1.29 is 24.9 Å². The Morgan fingerprint density at radius 3 is 2.53 bits per heavy atom. The van der Waals surface area contributed by atoms with Crippen molar-refractivity contribution in [2.45, 2.75) is 24.4 Å². The van der Waals surface area contributed by atoms with Crippen molar-refractivity contribution in [2.24, 2.45) is 15.4 Å². The van der Waals surface area contributed by atoms with Gasteiger partial charge in [-0.05, 0) is 5.22 Å². The zero-order valence-electron chi connectivity index (χ0n) is 7.52. The number of nitrogens with zero attached hydrogens (tertiary/aromatic N) is 3. The molecule has 1 saturated heterocycles. The van der Waals surface area contributed by atoms with Gasteiger partial charge >= 0.3 is 5.91 Å². The van der Waals surface area contributed by atoms with Crippen LogP contribution in [0.3, 0.4) is 0 Å². The zero-order valence-corrected chi connectivity index (χ0v) is 7.52. The molecule has 2 rings (SSSR count). The molecular formula is C7H9N3O5. The first-order valence-corrected chi connectivity index (χ1v) is 4.30. The molecule has 0 bridgehead atoms. The molecule has 0 aromatic rings. The van der Waals surface area contributed by atoms with Gasteiger partial charge < -0.3 is 20.1 Å². The Balaban J connectivity index is 2.15. The van der Waals surface area contributed by atoms with Gasteiger partial charge in [0.15, 0.2) is 5.71 Å². The molecular weight excluding hydrogens is 206 g/mol. The highest BCUT2D eigenvalue weighted by Crippen LogP contribution is 2.23. The van der Waals surface area contributed by atoms with Gasteiger partial charge in [0.25, 0.3) is 0 Å². The van der Waals surface area contributed by atoms with E-state index in [4.69, 9.17) is 9.84 Å². The number of aliphatic hydroxyl groups is 3. The topological polar surface area (TPSA) is 124 Å². The Morgan fingerprint density at radius 1 is 1.33 bits per heavy atom.